The van der Waals surface area contributed by atoms with E-state index >= 15 is 0 Å². The minimum absolute atomic E-state index is 0.0638. The van der Waals surface area contributed by atoms with Crippen molar-refractivity contribution in [2.75, 3.05) is 11.9 Å². The summed E-state index contributed by atoms with van der Waals surface area (Å²) in [5.41, 5.74) is 1.98. The summed E-state index contributed by atoms with van der Waals surface area (Å²) in [4.78, 5) is 13.2. The summed E-state index contributed by atoms with van der Waals surface area (Å²) in [6.45, 7) is 7.91. The van der Waals surface area contributed by atoms with E-state index in [-0.39, 0.29) is 5.91 Å². The molecule has 6 heteroatoms. The molecule has 0 spiro atoms. The second kappa shape index (κ2) is 7.70. The Morgan fingerprint density at radius 3 is 2.36 bits per heavy atom. The standard InChI is InChI=1S/C16H22N4O2/c1-4-15-18-19-16(22-15)11-20(5-2)10-13-6-8-14(9-7-13)17-12(3)21/h6-9H,4-5,10-11H2,1-3H3,(H,17,21). The van der Waals surface area contributed by atoms with Crippen LogP contribution in [0.5, 0.6) is 0 Å². The van der Waals surface area contributed by atoms with E-state index in [0.29, 0.717) is 18.3 Å². The van der Waals surface area contributed by atoms with Gasteiger partial charge in [0.1, 0.15) is 0 Å². The fourth-order valence-corrected chi connectivity index (χ4v) is 2.12. The molecule has 0 unspecified atom stereocenters. The molecule has 118 valence electrons. The number of carbonyl (C=O) groups excluding carboxylic acids is 1. The van der Waals surface area contributed by atoms with Gasteiger partial charge in [-0.1, -0.05) is 26.0 Å². The van der Waals surface area contributed by atoms with Gasteiger partial charge in [-0.15, -0.1) is 10.2 Å². The lowest BCUT2D eigenvalue weighted by atomic mass is 10.2. The van der Waals surface area contributed by atoms with Crippen molar-refractivity contribution in [3.63, 3.8) is 0 Å². The highest BCUT2D eigenvalue weighted by molar-refractivity contribution is 5.88. The number of aromatic nitrogens is 2. The van der Waals surface area contributed by atoms with Gasteiger partial charge in [-0.3, -0.25) is 9.69 Å². The summed E-state index contributed by atoms with van der Waals surface area (Å²) >= 11 is 0. The van der Waals surface area contributed by atoms with E-state index in [4.69, 9.17) is 4.42 Å². The zero-order valence-corrected chi connectivity index (χ0v) is 13.3. The predicted octanol–water partition coefficient (Wildman–Crippen LogP) is 2.61. The smallest absolute Gasteiger partial charge is 0.230 e. The molecule has 1 aromatic carbocycles. The van der Waals surface area contributed by atoms with E-state index in [2.05, 4.69) is 27.3 Å². The molecule has 22 heavy (non-hydrogen) atoms. The van der Waals surface area contributed by atoms with Gasteiger partial charge in [0.25, 0.3) is 0 Å². The van der Waals surface area contributed by atoms with Crippen LogP contribution in [0.1, 0.15) is 38.1 Å². The van der Waals surface area contributed by atoms with Gasteiger partial charge in [-0.25, -0.2) is 0 Å². The number of anilines is 1. The molecule has 0 fully saturated rings. The largest absolute Gasteiger partial charge is 0.424 e. The molecule has 1 heterocycles. The van der Waals surface area contributed by atoms with Crippen molar-refractivity contribution in [3.05, 3.63) is 41.6 Å². The molecular formula is C16H22N4O2. The van der Waals surface area contributed by atoms with E-state index in [1.807, 2.05) is 31.2 Å². The van der Waals surface area contributed by atoms with E-state index in [9.17, 15) is 4.79 Å². The van der Waals surface area contributed by atoms with Gasteiger partial charge in [-0.2, -0.15) is 0 Å². The molecule has 1 aromatic heterocycles. The molecule has 0 aliphatic carbocycles. The van der Waals surface area contributed by atoms with Crippen molar-refractivity contribution in [3.8, 4) is 0 Å². The molecule has 0 radical (unpaired) electrons. The Kier molecular flexibility index (Phi) is 5.66. The quantitative estimate of drug-likeness (QED) is 0.851. The fourth-order valence-electron chi connectivity index (χ4n) is 2.12. The predicted molar refractivity (Wildman–Crippen MR) is 84.2 cm³/mol. The average Bonchev–Trinajstić information content (AvgIpc) is 2.95. The van der Waals surface area contributed by atoms with E-state index in [1.54, 1.807) is 0 Å². The van der Waals surface area contributed by atoms with Crippen LogP contribution in [0.15, 0.2) is 28.7 Å². The third kappa shape index (κ3) is 4.66. The Morgan fingerprint density at radius 2 is 1.82 bits per heavy atom. The highest BCUT2D eigenvalue weighted by Crippen LogP contribution is 2.13. The molecule has 6 nitrogen and oxygen atoms in total. The summed E-state index contributed by atoms with van der Waals surface area (Å²) in [6.07, 6.45) is 0.754. The molecule has 0 aliphatic heterocycles. The molecule has 1 N–H and O–H groups in total. The molecule has 1 amide bonds. The van der Waals surface area contributed by atoms with Gasteiger partial charge < -0.3 is 9.73 Å². The van der Waals surface area contributed by atoms with Crippen LogP contribution in [-0.2, 0) is 24.3 Å². The highest BCUT2D eigenvalue weighted by Gasteiger charge is 2.10. The molecule has 0 atom stereocenters. The zero-order chi connectivity index (χ0) is 15.9. The second-order valence-corrected chi connectivity index (χ2v) is 5.12. The number of rotatable bonds is 7. The summed E-state index contributed by atoms with van der Waals surface area (Å²) in [6, 6.07) is 7.84. The third-order valence-electron chi connectivity index (χ3n) is 3.30. The maximum Gasteiger partial charge on any atom is 0.230 e. The van der Waals surface area contributed by atoms with Crippen molar-refractivity contribution in [2.24, 2.45) is 0 Å². The van der Waals surface area contributed by atoms with Crippen LogP contribution in [-0.4, -0.2) is 27.5 Å². The minimum atomic E-state index is -0.0638. The SMILES string of the molecule is CCc1nnc(CN(CC)Cc2ccc(NC(C)=O)cc2)o1. The topological polar surface area (TPSA) is 71.3 Å². The lowest BCUT2D eigenvalue weighted by Crippen LogP contribution is -2.22. The molecule has 0 bridgehead atoms. The van der Waals surface area contributed by atoms with Gasteiger partial charge in [0.2, 0.25) is 17.7 Å². The Hall–Kier alpha value is -2.21. The van der Waals surface area contributed by atoms with Gasteiger partial charge in [0.15, 0.2) is 0 Å². The number of hydrogen-bond donors (Lipinski definition) is 1. The van der Waals surface area contributed by atoms with Crippen LogP contribution >= 0.6 is 0 Å². The average molecular weight is 302 g/mol. The molecule has 0 aliphatic rings. The molecule has 2 rings (SSSR count). The van der Waals surface area contributed by atoms with E-state index in [0.717, 1.165) is 25.2 Å². The van der Waals surface area contributed by atoms with Gasteiger partial charge >= 0.3 is 0 Å². The van der Waals surface area contributed by atoms with Crippen molar-refractivity contribution >= 4 is 11.6 Å². The Balaban J connectivity index is 1.95. The Morgan fingerprint density at radius 1 is 1.14 bits per heavy atom. The van der Waals surface area contributed by atoms with Crippen LogP contribution < -0.4 is 5.32 Å². The van der Waals surface area contributed by atoms with Gasteiger partial charge in [-0.05, 0) is 24.2 Å². The minimum Gasteiger partial charge on any atom is -0.424 e. The van der Waals surface area contributed by atoms with Crippen LogP contribution in [0.3, 0.4) is 0 Å². The molecule has 0 saturated carbocycles. The Bertz CT molecular complexity index is 607. The maximum absolute atomic E-state index is 11.0. The maximum atomic E-state index is 11.0. The Labute approximate surface area is 130 Å². The number of nitrogens with zero attached hydrogens (tertiary/aromatic N) is 3. The second-order valence-electron chi connectivity index (χ2n) is 5.12. The number of amides is 1. The molecule has 2 aromatic rings. The summed E-state index contributed by atoms with van der Waals surface area (Å²) in [7, 11) is 0. The van der Waals surface area contributed by atoms with Gasteiger partial charge in [0.05, 0.1) is 6.54 Å². The number of aryl methyl sites for hydroxylation is 1. The van der Waals surface area contributed by atoms with E-state index in [1.165, 1.54) is 12.5 Å². The first kappa shape index (κ1) is 16.2. The normalized spacial score (nSPS) is 10.9. The van der Waals surface area contributed by atoms with Crippen LogP contribution in [0.2, 0.25) is 0 Å². The lowest BCUT2D eigenvalue weighted by Gasteiger charge is -2.18. The number of carbonyl (C=O) groups is 1. The lowest BCUT2D eigenvalue weighted by molar-refractivity contribution is -0.114. The van der Waals surface area contributed by atoms with Crippen LogP contribution in [0.25, 0.3) is 0 Å². The number of nitrogens with one attached hydrogen (secondary N) is 1. The van der Waals surface area contributed by atoms with Crippen molar-refractivity contribution in [1.82, 2.24) is 15.1 Å². The summed E-state index contributed by atoms with van der Waals surface area (Å²) in [5, 5.41) is 10.8. The first-order chi connectivity index (χ1) is 10.6. The number of benzene rings is 1. The van der Waals surface area contributed by atoms with Gasteiger partial charge in [0, 0.05) is 25.6 Å². The monoisotopic (exact) mass is 302 g/mol. The van der Waals surface area contributed by atoms with Crippen molar-refractivity contribution < 1.29 is 9.21 Å². The first-order valence-corrected chi connectivity index (χ1v) is 7.50. The van der Waals surface area contributed by atoms with Crippen LogP contribution in [0.4, 0.5) is 5.69 Å². The summed E-state index contributed by atoms with van der Waals surface area (Å²) < 4.78 is 5.55. The molecular weight excluding hydrogens is 280 g/mol. The fraction of sp³-hybridized carbons (Fsp3) is 0.438. The highest BCUT2D eigenvalue weighted by atomic mass is 16.4. The molecule has 0 saturated heterocycles. The van der Waals surface area contributed by atoms with Crippen molar-refractivity contribution in [2.45, 2.75) is 40.3 Å². The van der Waals surface area contributed by atoms with Crippen molar-refractivity contribution in [1.29, 1.82) is 0 Å². The van der Waals surface area contributed by atoms with E-state index < -0.39 is 0 Å². The third-order valence-corrected chi connectivity index (χ3v) is 3.30. The number of hydrogen-bond acceptors (Lipinski definition) is 5. The first-order valence-electron chi connectivity index (χ1n) is 7.50. The van der Waals surface area contributed by atoms with Crippen LogP contribution in [0, 0.1) is 0 Å². The zero-order valence-electron chi connectivity index (χ0n) is 13.3. The summed E-state index contributed by atoms with van der Waals surface area (Å²) in [5.74, 6) is 1.25.